The number of alkyl halides is 1. The zero-order valence-corrected chi connectivity index (χ0v) is 13.3. The van der Waals surface area contributed by atoms with Crippen LogP contribution in [-0.2, 0) is 4.79 Å². The fourth-order valence-electron chi connectivity index (χ4n) is 0.483. The molecule has 0 bridgehead atoms. The van der Waals surface area contributed by atoms with Crippen LogP contribution < -0.4 is 56.5 Å². The Kier molecular flexibility index (Phi) is 24.3. The van der Waals surface area contributed by atoms with Gasteiger partial charge in [-0.05, 0) is 19.4 Å². The molecule has 0 radical (unpaired) electrons. The minimum Gasteiger partial charge on any atom is -0.545 e. The first-order valence-electron chi connectivity index (χ1n) is 4.37. The smallest absolute Gasteiger partial charge is 0.545 e. The van der Waals surface area contributed by atoms with Crippen LogP contribution in [0.5, 0.6) is 0 Å². The van der Waals surface area contributed by atoms with Crippen molar-refractivity contribution < 1.29 is 66.4 Å². The second-order valence-corrected chi connectivity index (χ2v) is 2.93. The van der Waals surface area contributed by atoms with Crippen molar-refractivity contribution in [1.82, 2.24) is 0 Å². The molecule has 0 amide bonds. The molecule has 0 aliphatic carbocycles. The third-order valence-corrected chi connectivity index (χ3v) is 1.28. The number of hydrogen-bond donors (Lipinski definition) is 1. The molecule has 0 aromatic rings. The Morgan fingerprint density at radius 1 is 1.53 bits per heavy atom. The van der Waals surface area contributed by atoms with Crippen molar-refractivity contribution in [2.75, 3.05) is 0 Å². The quantitative estimate of drug-likeness (QED) is 0.281. The number of rotatable bonds is 4. The molecule has 0 aliphatic rings. The topological polar surface area (TPSA) is 60.4 Å². The molecule has 1 N–H and O–H groups in total. The summed E-state index contributed by atoms with van der Waals surface area (Å²) in [6, 6.07) is 0. The molecule has 3 nitrogen and oxygen atoms in total. The van der Waals surface area contributed by atoms with Crippen molar-refractivity contribution in [1.29, 1.82) is 0 Å². The maximum absolute atomic E-state index is 9.64. The molecule has 0 aliphatic heterocycles. The van der Waals surface area contributed by atoms with Gasteiger partial charge in [0.25, 0.3) is 0 Å². The first-order valence-corrected chi connectivity index (χ1v) is 4.80. The second-order valence-electron chi connectivity index (χ2n) is 2.43. The standard InChI is InChI=1S/C6H8O2.C4H9ClO.K/c1-2-3-4-5-6(7)8;1-2-3-4(5)6;/h2-5H,1H3,(H,7,8);4,6H,2-3H2,1H3;/q;;+1/p-1. The van der Waals surface area contributed by atoms with Gasteiger partial charge in [0, 0.05) is 0 Å². The van der Waals surface area contributed by atoms with Crippen LogP contribution in [0.4, 0.5) is 0 Å². The molecule has 1 atom stereocenters. The minimum absolute atomic E-state index is 0. The van der Waals surface area contributed by atoms with E-state index >= 15 is 0 Å². The number of carboxylic acids is 1. The van der Waals surface area contributed by atoms with Gasteiger partial charge < -0.3 is 15.0 Å². The maximum atomic E-state index is 9.64. The molecule has 0 aromatic heterocycles. The van der Waals surface area contributed by atoms with Crippen LogP contribution in [0.3, 0.4) is 0 Å². The van der Waals surface area contributed by atoms with E-state index in [1.165, 1.54) is 6.08 Å². The number of allylic oxidation sites excluding steroid dienone is 3. The first-order chi connectivity index (χ1) is 6.54. The molecule has 0 rings (SSSR count). The summed E-state index contributed by atoms with van der Waals surface area (Å²) >= 11 is 5.13. The molecule has 82 valence electrons. The third-order valence-electron chi connectivity index (χ3n) is 1.06. The summed E-state index contributed by atoms with van der Waals surface area (Å²) in [4.78, 5) is 9.64. The predicted molar refractivity (Wildman–Crippen MR) is 55.7 cm³/mol. The predicted octanol–water partition coefficient (Wildman–Crippen LogP) is -1.78. The fraction of sp³-hybridized carbons (Fsp3) is 0.500. The van der Waals surface area contributed by atoms with Gasteiger partial charge in [0.2, 0.25) is 0 Å². The van der Waals surface area contributed by atoms with Crippen molar-refractivity contribution in [2.45, 2.75) is 32.3 Å². The summed E-state index contributed by atoms with van der Waals surface area (Å²) in [5.41, 5.74) is -0.630. The van der Waals surface area contributed by atoms with E-state index in [9.17, 15) is 9.90 Å². The number of aliphatic hydroxyl groups is 1. The van der Waals surface area contributed by atoms with Crippen molar-refractivity contribution in [3.8, 4) is 0 Å². The van der Waals surface area contributed by atoms with Gasteiger partial charge in [-0.3, -0.25) is 0 Å². The number of aliphatic hydroxyl groups excluding tert-OH is 1. The summed E-state index contributed by atoms with van der Waals surface area (Å²) in [6.45, 7) is 3.78. The molecule has 0 saturated heterocycles. The average molecular weight is 259 g/mol. The van der Waals surface area contributed by atoms with E-state index in [4.69, 9.17) is 16.7 Å². The Morgan fingerprint density at radius 2 is 2.07 bits per heavy atom. The number of carbonyl (C=O) groups excluding carboxylic acids is 1. The molecule has 0 heterocycles. The molecule has 5 heteroatoms. The fourth-order valence-corrected chi connectivity index (χ4v) is 0.702. The van der Waals surface area contributed by atoms with Crippen molar-refractivity contribution in [3.05, 3.63) is 24.3 Å². The summed E-state index contributed by atoms with van der Waals surface area (Å²) < 4.78 is 0. The van der Waals surface area contributed by atoms with E-state index in [0.29, 0.717) is 6.42 Å². The molecular weight excluding hydrogens is 243 g/mol. The molecule has 0 aromatic carbocycles. The van der Waals surface area contributed by atoms with Crippen LogP contribution in [0.15, 0.2) is 24.3 Å². The summed E-state index contributed by atoms with van der Waals surface area (Å²) in [7, 11) is 0. The Labute approximate surface area is 139 Å². The van der Waals surface area contributed by atoms with Crippen LogP contribution in [0.25, 0.3) is 0 Å². The van der Waals surface area contributed by atoms with Crippen LogP contribution >= 0.6 is 11.6 Å². The average Bonchev–Trinajstić information content (AvgIpc) is 2.05. The van der Waals surface area contributed by atoms with Gasteiger partial charge in [0.15, 0.2) is 0 Å². The monoisotopic (exact) mass is 258 g/mol. The minimum atomic E-state index is -1.16. The normalized spacial score (nSPS) is 11.7. The zero-order valence-electron chi connectivity index (χ0n) is 9.44. The Hall–Kier alpha value is 0.836. The number of halogens is 1. The molecule has 0 spiro atoms. The van der Waals surface area contributed by atoms with E-state index < -0.39 is 11.5 Å². The second kappa shape index (κ2) is 17.2. The van der Waals surface area contributed by atoms with E-state index in [-0.39, 0.29) is 51.4 Å². The van der Waals surface area contributed by atoms with Crippen LogP contribution in [0.1, 0.15) is 26.7 Å². The van der Waals surface area contributed by atoms with Gasteiger partial charge in [-0.25, -0.2) is 0 Å². The van der Waals surface area contributed by atoms with E-state index in [2.05, 4.69) is 0 Å². The number of carbonyl (C=O) groups is 1. The maximum Gasteiger partial charge on any atom is 1.00 e. The van der Waals surface area contributed by atoms with E-state index in [0.717, 1.165) is 12.5 Å². The van der Waals surface area contributed by atoms with Crippen LogP contribution in [-0.4, -0.2) is 16.6 Å². The molecular formula is C10H16ClKO3. The Bertz CT molecular complexity index is 191. The largest absolute Gasteiger partial charge is 1.00 e. The van der Waals surface area contributed by atoms with Gasteiger partial charge >= 0.3 is 51.4 Å². The van der Waals surface area contributed by atoms with Gasteiger partial charge in [0.1, 0.15) is 5.56 Å². The van der Waals surface area contributed by atoms with Gasteiger partial charge in [-0.2, -0.15) is 0 Å². The third kappa shape index (κ3) is 31.3. The van der Waals surface area contributed by atoms with Gasteiger partial charge in [-0.1, -0.05) is 43.2 Å². The van der Waals surface area contributed by atoms with Crippen molar-refractivity contribution in [3.63, 3.8) is 0 Å². The molecule has 1 unspecified atom stereocenters. The molecule has 0 saturated carbocycles. The molecule has 0 fully saturated rings. The van der Waals surface area contributed by atoms with E-state index in [1.807, 2.05) is 6.92 Å². The zero-order chi connectivity index (χ0) is 11.4. The number of aliphatic carboxylic acids is 1. The van der Waals surface area contributed by atoms with Crippen molar-refractivity contribution >= 4 is 17.6 Å². The van der Waals surface area contributed by atoms with Crippen molar-refractivity contribution in [2.24, 2.45) is 0 Å². The SMILES string of the molecule is CC=CC=CC(=O)[O-].CCCC(O)Cl.[K+]. The first kappa shape index (κ1) is 21.2. The van der Waals surface area contributed by atoms with E-state index in [1.54, 1.807) is 19.1 Å². The number of carboxylic acid groups (broad SMARTS) is 1. The van der Waals surface area contributed by atoms with Gasteiger partial charge in [0.05, 0.1) is 5.97 Å². The summed E-state index contributed by atoms with van der Waals surface area (Å²) in [5.74, 6) is -1.16. The molecule has 15 heavy (non-hydrogen) atoms. The van der Waals surface area contributed by atoms with Gasteiger partial charge in [-0.15, -0.1) is 0 Å². The number of hydrogen-bond acceptors (Lipinski definition) is 3. The summed E-state index contributed by atoms with van der Waals surface area (Å²) in [6.07, 6.45) is 7.39. The Balaban J connectivity index is -0.000000187. The van der Waals surface area contributed by atoms with Crippen LogP contribution in [0, 0.1) is 0 Å². The van der Waals surface area contributed by atoms with Crippen LogP contribution in [0.2, 0.25) is 0 Å². The summed E-state index contributed by atoms with van der Waals surface area (Å²) in [5, 5.41) is 18.0. The Morgan fingerprint density at radius 3 is 2.27 bits per heavy atom.